The molecule has 0 heterocycles. The summed E-state index contributed by atoms with van der Waals surface area (Å²) in [5.41, 5.74) is 0. The molecule has 17 nitrogen and oxygen atoms in total. The highest BCUT2D eigenvalue weighted by Crippen LogP contribution is 2.45. The summed E-state index contributed by atoms with van der Waals surface area (Å²) in [6.45, 7) is 13.9. The van der Waals surface area contributed by atoms with E-state index in [2.05, 4.69) is 55.4 Å². The number of carbonyl (C=O) groups excluding carboxylic acids is 4. The van der Waals surface area contributed by atoms with Crippen LogP contribution < -0.4 is 0 Å². The molecular weight excluding hydrogens is 1090 g/mol. The summed E-state index contributed by atoms with van der Waals surface area (Å²) in [7, 11) is -9.89. The van der Waals surface area contributed by atoms with Gasteiger partial charge >= 0.3 is 39.5 Å². The zero-order valence-corrected chi connectivity index (χ0v) is 54.9. The number of phosphoric acid groups is 2. The summed E-state index contributed by atoms with van der Waals surface area (Å²) in [6.07, 6.45) is 32.2. The van der Waals surface area contributed by atoms with Crippen molar-refractivity contribution in [2.24, 2.45) is 23.7 Å². The van der Waals surface area contributed by atoms with E-state index in [1.807, 2.05) is 0 Å². The van der Waals surface area contributed by atoms with Gasteiger partial charge in [0.25, 0.3) is 0 Å². The number of rotatable bonds is 60. The standard InChI is InChI=1S/C63H122O17P2/c1-9-54(6)40-32-24-16-12-13-17-29-37-45-62(67)79-58(49-73-60(65)43-35-27-21-19-25-33-41-55(7)10-2)51-77-81(69,70)75-47-57(64)48-76-82(71,72)78-52-59(80-63(68)46-38-30-18-14-15-23-31-39-53(4)5)50-74-61(66)44-36-28-22-20-26-34-42-56(8)11-3/h53-59,64H,9-52H2,1-8H3,(H,69,70)(H,71,72)/t54?,55?,56?,57-,58-,59-/m1/s1. The predicted octanol–water partition coefficient (Wildman–Crippen LogP) is 17.0. The molecule has 0 radical (unpaired) electrons. The maximum absolute atomic E-state index is 13.0. The molecule has 0 fully saturated rings. The lowest BCUT2D eigenvalue weighted by Crippen LogP contribution is -2.30. The van der Waals surface area contributed by atoms with Gasteiger partial charge in [0.1, 0.15) is 19.3 Å². The van der Waals surface area contributed by atoms with Gasteiger partial charge in [-0.3, -0.25) is 37.3 Å². The van der Waals surface area contributed by atoms with Crippen LogP contribution in [-0.4, -0.2) is 96.7 Å². The zero-order chi connectivity index (χ0) is 61.1. The molecule has 0 saturated carbocycles. The Kier molecular flexibility index (Phi) is 52.0. The summed E-state index contributed by atoms with van der Waals surface area (Å²) in [4.78, 5) is 72.1. The number of unbranched alkanes of at least 4 members (excludes halogenated alkanes) is 23. The van der Waals surface area contributed by atoms with Crippen molar-refractivity contribution in [3.8, 4) is 0 Å². The zero-order valence-electron chi connectivity index (χ0n) is 53.1. The molecule has 82 heavy (non-hydrogen) atoms. The average molecular weight is 1210 g/mol. The van der Waals surface area contributed by atoms with Gasteiger partial charge in [0.15, 0.2) is 12.2 Å². The van der Waals surface area contributed by atoms with Crippen LogP contribution in [0.25, 0.3) is 0 Å². The molecule has 0 aromatic carbocycles. The first-order valence-electron chi connectivity index (χ1n) is 32.8. The Bertz CT molecular complexity index is 1650. The Hall–Kier alpha value is -1.94. The third-order valence-corrected chi connectivity index (χ3v) is 17.3. The minimum Gasteiger partial charge on any atom is -0.462 e. The number of aliphatic hydroxyl groups is 1. The fourth-order valence-electron chi connectivity index (χ4n) is 9.16. The quantitative estimate of drug-likeness (QED) is 0.0222. The second kappa shape index (κ2) is 53.3. The summed E-state index contributed by atoms with van der Waals surface area (Å²) >= 11 is 0. The maximum atomic E-state index is 13.0. The molecule has 8 atom stereocenters. The first-order chi connectivity index (χ1) is 39.2. The van der Waals surface area contributed by atoms with Crippen LogP contribution in [0.2, 0.25) is 0 Å². The largest absolute Gasteiger partial charge is 0.472 e. The Labute approximate surface area is 498 Å². The number of aliphatic hydroxyl groups excluding tert-OH is 1. The van der Waals surface area contributed by atoms with Crippen LogP contribution in [0.15, 0.2) is 0 Å². The monoisotopic (exact) mass is 1210 g/mol. The van der Waals surface area contributed by atoms with Crippen LogP contribution in [0.4, 0.5) is 0 Å². The van der Waals surface area contributed by atoms with Gasteiger partial charge in [-0.2, -0.15) is 0 Å². The Morgan fingerprint density at radius 3 is 0.866 bits per heavy atom. The van der Waals surface area contributed by atoms with E-state index in [4.69, 9.17) is 37.0 Å². The highest BCUT2D eigenvalue weighted by molar-refractivity contribution is 7.47. The van der Waals surface area contributed by atoms with Gasteiger partial charge in [-0.15, -0.1) is 0 Å². The molecule has 0 bridgehead atoms. The molecule has 0 saturated heterocycles. The maximum Gasteiger partial charge on any atom is 0.472 e. The predicted molar refractivity (Wildman–Crippen MR) is 326 cm³/mol. The number of ether oxygens (including phenoxy) is 4. The van der Waals surface area contributed by atoms with Crippen molar-refractivity contribution < 1.29 is 80.2 Å². The van der Waals surface area contributed by atoms with Gasteiger partial charge in [0.05, 0.1) is 26.4 Å². The van der Waals surface area contributed by atoms with Crippen molar-refractivity contribution in [3.63, 3.8) is 0 Å². The number of hydrogen-bond donors (Lipinski definition) is 3. The van der Waals surface area contributed by atoms with Crippen LogP contribution in [0, 0.1) is 23.7 Å². The van der Waals surface area contributed by atoms with Crippen molar-refractivity contribution in [3.05, 3.63) is 0 Å². The fraction of sp³-hybridized carbons (Fsp3) is 0.937. The molecule has 0 aliphatic heterocycles. The lowest BCUT2D eigenvalue weighted by molar-refractivity contribution is -0.161. The van der Waals surface area contributed by atoms with E-state index in [0.29, 0.717) is 31.6 Å². The van der Waals surface area contributed by atoms with Gasteiger partial charge in [0, 0.05) is 25.7 Å². The molecule has 486 valence electrons. The van der Waals surface area contributed by atoms with Crippen LogP contribution in [0.1, 0.15) is 299 Å². The van der Waals surface area contributed by atoms with Crippen LogP contribution in [0.3, 0.4) is 0 Å². The van der Waals surface area contributed by atoms with Crippen molar-refractivity contribution in [1.82, 2.24) is 0 Å². The van der Waals surface area contributed by atoms with E-state index >= 15 is 0 Å². The minimum absolute atomic E-state index is 0.102. The smallest absolute Gasteiger partial charge is 0.462 e. The number of phosphoric ester groups is 2. The van der Waals surface area contributed by atoms with Crippen LogP contribution in [-0.2, 0) is 65.4 Å². The van der Waals surface area contributed by atoms with E-state index in [9.17, 15) is 43.2 Å². The van der Waals surface area contributed by atoms with Gasteiger partial charge < -0.3 is 33.8 Å². The SMILES string of the molecule is CCC(C)CCCCCCCCCCC(=O)O[C@H](COC(=O)CCCCCCCCC(C)CC)COP(=O)(O)OC[C@@H](O)COP(=O)(O)OC[C@@H](COC(=O)CCCCCCCCC(C)CC)OC(=O)CCCCCCCCCC(C)C. The summed E-state index contributed by atoms with van der Waals surface area (Å²) < 4.78 is 67.9. The Morgan fingerprint density at radius 2 is 0.585 bits per heavy atom. The number of hydrogen-bond acceptors (Lipinski definition) is 15. The first-order valence-corrected chi connectivity index (χ1v) is 35.8. The number of carbonyl (C=O) groups is 4. The van der Waals surface area contributed by atoms with Crippen LogP contribution in [0.5, 0.6) is 0 Å². The van der Waals surface area contributed by atoms with Gasteiger partial charge in [0.2, 0.25) is 0 Å². The van der Waals surface area contributed by atoms with Gasteiger partial charge in [-0.1, -0.05) is 248 Å². The van der Waals surface area contributed by atoms with E-state index in [0.717, 1.165) is 120 Å². The second-order valence-electron chi connectivity index (χ2n) is 24.0. The highest BCUT2D eigenvalue weighted by Gasteiger charge is 2.30. The van der Waals surface area contributed by atoms with E-state index in [1.165, 1.54) is 89.9 Å². The minimum atomic E-state index is -4.94. The molecular formula is C63H122O17P2. The van der Waals surface area contributed by atoms with Crippen LogP contribution >= 0.6 is 15.6 Å². The van der Waals surface area contributed by atoms with Crippen molar-refractivity contribution in [1.29, 1.82) is 0 Å². The Morgan fingerprint density at radius 1 is 0.341 bits per heavy atom. The summed E-state index contributed by atoms with van der Waals surface area (Å²) in [5.74, 6) is 0.782. The molecule has 0 aromatic rings. The normalized spacial score (nSPS) is 15.5. The highest BCUT2D eigenvalue weighted by atomic mass is 31.2. The number of esters is 4. The van der Waals surface area contributed by atoms with E-state index in [1.54, 1.807) is 0 Å². The molecule has 0 aliphatic rings. The molecule has 0 aromatic heterocycles. The average Bonchev–Trinajstić information content (AvgIpc) is 3.46. The summed E-state index contributed by atoms with van der Waals surface area (Å²) in [5, 5.41) is 10.5. The molecule has 0 amide bonds. The molecule has 3 N–H and O–H groups in total. The summed E-state index contributed by atoms with van der Waals surface area (Å²) in [6, 6.07) is 0. The first kappa shape index (κ1) is 80.1. The van der Waals surface area contributed by atoms with Gasteiger partial charge in [-0.05, 0) is 49.4 Å². The molecule has 0 rings (SSSR count). The molecule has 19 heteroatoms. The third-order valence-electron chi connectivity index (χ3n) is 15.4. The van der Waals surface area contributed by atoms with Crippen molar-refractivity contribution in [2.45, 2.75) is 318 Å². The third kappa shape index (κ3) is 53.5. The Balaban J connectivity index is 5.27. The fourth-order valence-corrected chi connectivity index (χ4v) is 10.7. The molecule has 0 spiro atoms. The molecule has 5 unspecified atom stereocenters. The second-order valence-corrected chi connectivity index (χ2v) is 26.9. The van der Waals surface area contributed by atoms with Gasteiger partial charge in [-0.25, -0.2) is 9.13 Å². The van der Waals surface area contributed by atoms with E-state index in [-0.39, 0.29) is 25.7 Å². The topological polar surface area (TPSA) is 237 Å². The molecule has 0 aliphatic carbocycles. The lowest BCUT2D eigenvalue weighted by Gasteiger charge is -2.21. The van der Waals surface area contributed by atoms with Crippen molar-refractivity contribution in [2.75, 3.05) is 39.6 Å². The van der Waals surface area contributed by atoms with Crippen molar-refractivity contribution >= 4 is 39.5 Å². The lowest BCUT2D eigenvalue weighted by atomic mass is 9.99. The van der Waals surface area contributed by atoms with E-state index < -0.39 is 97.5 Å².